The molecule has 1 rings (SSSR count). The molecule has 7 amide bonds. The van der Waals surface area contributed by atoms with Gasteiger partial charge in [-0.05, 0) is 69.4 Å². The Bertz CT molecular complexity index is 1710. The molecule has 0 aliphatic heterocycles. The van der Waals surface area contributed by atoms with Crippen LogP contribution in [-0.2, 0) is 41.7 Å². The molecule has 25 heteroatoms. The topological polar surface area (TPSA) is 410 Å². The fourth-order valence-electron chi connectivity index (χ4n) is 5.47. The van der Waals surface area contributed by atoms with E-state index >= 15 is 0 Å². The van der Waals surface area contributed by atoms with Gasteiger partial charge in [0, 0.05) is 44.4 Å². The Morgan fingerprint density at radius 3 is 1.63 bits per heavy atom. The van der Waals surface area contributed by atoms with Crippen molar-refractivity contribution in [2.75, 3.05) is 25.4 Å². The van der Waals surface area contributed by atoms with E-state index < -0.39 is 84.7 Å². The number of rotatable bonds is 30. The largest absolute Gasteiger partial charge is 0.481 e. The molecule has 1 aromatic carbocycles. The van der Waals surface area contributed by atoms with Crippen molar-refractivity contribution in [3.63, 3.8) is 0 Å². The Balaban J connectivity index is 2.71. The number of hydrogen-bond donors (Lipinski definition) is 15. The summed E-state index contributed by atoms with van der Waals surface area (Å²) in [4.78, 5) is 106. The number of carbonyl (C=O) groups excluding carboxylic acids is 5. The van der Waals surface area contributed by atoms with Gasteiger partial charge in [-0.1, -0.05) is 24.3 Å². The molecule has 1 aromatic rings. The van der Waals surface area contributed by atoms with Crippen LogP contribution in [0.1, 0.15) is 75.8 Å². The first-order valence-corrected chi connectivity index (χ1v) is 20.4. The number of carboxylic acids is 3. The number of carbonyl (C=O) groups is 8. The minimum absolute atomic E-state index is 0.0328. The van der Waals surface area contributed by atoms with Gasteiger partial charge in [-0.2, -0.15) is 12.6 Å². The van der Waals surface area contributed by atoms with Crippen LogP contribution in [0.3, 0.4) is 0 Å². The van der Waals surface area contributed by atoms with Crippen molar-refractivity contribution < 1.29 is 53.7 Å². The normalized spacial score (nSPS) is 13.0. The van der Waals surface area contributed by atoms with Gasteiger partial charge in [0.25, 0.3) is 0 Å². The number of aliphatic imine (C=N–C) groups is 2. The molecule has 0 aliphatic carbocycles. The molecule has 0 radical (unpaired) electrons. The average molecular weight is 896 g/mol. The number of thiol groups is 1. The average Bonchev–Trinajstić information content (AvgIpc) is 3.20. The summed E-state index contributed by atoms with van der Waals surface area (Å²) in [6, 6.07) is 0.0557. The van der Waals surface area contributed by atoms with Crippen LogP contribution in [-0.4, -0.2) is 131 Å². The second-order valence-electron chi connectivity index (χ2n) is 14.1. The smallest absolute Gasteiger partial charge is 0.326 e. The number of aliphatic carboxylic acids is 3. The Morgan fingerprint density at radius 2 is 1.11 bits per heavy atom. The third kappa shape index (κ3) is 24.5. The fourth-order valence-corrected chi connectivity index (χ4v) is 5.56. The van der Waals surface area contributed by atoms with E-state index in [0.717, 1.165) is 0 Å². The molecular formula is C37H61N13O11S. The summed E-state index contributed by atoms with van der Waals surface area (Å²) in [5, 5.41) is 45.2. The summed E-state index contributed by atoms with van der Waals surface area (Å²) < 4.78 is 0. The van der Waals surface area contributed by atoms with E-state index in [4.69, 9.17) is 28.0 Å². The van der Waals surface area contributed by atoms with E-state index in [2.05, 4.69) is 59.8 Å². The number of guanidine groups is 2. The number of nitrogens with zero attached hydrogens (tertiary/aromatic N) is 2. The highest BCUT2D eigenvalue weighted by Gasteiger charge is 2.28. The first-order chi connectivity index (χ1) is 29.3. The maximum Gasteiger partial charge on any atom is 0.326 e. The van der Waals surface area contributed by atoms with Crippen LogP contribution >= 0.6 is 12.6 Å². The number of amides is 7. The number of carboxylic acid groups (broad SMARTS) is 3. The van der Waals surface area contributed by atoms with E-state index in [1.807, 2.05) is 0 Å². The third-order valence-electron chi connectivity index (χ3n) is 8.74. The van der Waals surface area contributed by atoms with Gasteiger partial charge in [0.05, 0.1) is 6.42 Å². The van der Waals surface area contributed by atoms with Crippen molar-refractivity contribution in [2.45, 2.75) is 108 Å². The maximum atomic E-state index is 13.5. The molecule has 346 valence electrons. The standard InChI is InChI=1S/C37H61N13O11S/c1-21(20-62)46-30(54)25(8-5-17-43-35(40)41)48-31(55)24(7-4-16-42-34(38)39)47-28(51)18-22-9-11-23(12-10-22)19-45-36(60)44-15-3-2-6-26(32(56)57)49-37(61)50-27(33(58)59)13-14-29(52)53/h9-12,21,24-27,62H,2-8,13-20H2,1H3,(H,46,54)(H,47,51)(H,48,55)(H,52,53)(H,56,57)(H,58,59)(H4,38,39,42)(H4,40,41,43)(H2,44,45,60)(H2,49,50,61)/t21-,24+,25+,26+,27+/m1/s1. The highest BCUT2D eigenvalue weighted by atomic mass is 32.1. The first kappa shape index (κ1) is 53.5. The number of unbranched alkanes of at least 4 members (excludes halogenated alkanes) is 1. The number of urea groups is 2. The lowest BCUT2D eigenvalue weighted by atomic mass is 10.1. The quantitative estimate of drug-likeness (QED) is 0.0168. The molecule has 0 heterocycles. The lowest BCUT2D eigenvalue weighted by molar-refractivity contribution is -0.141. The molecule has 0 saturated heterocycles. The van der Waals surface area contributed by atoms with Gasteiger partial charge in [0.2, 0.25) is 17.7 Å². The lowest BCUT2D eigenvalue weighted by Gasteiger charge is -2.24. The summed E-state index contributed by atoms with van der Waals surface area (Å²) in [6.45, 7) is 2.50. The van der Waals surface area contributed by atoms with Gasteiger partial charge in [-0.15, -0.1) is 0 Å². The Morgan fingerprint density at radius 1 is 0.613 bits per heavy atom. The van der Waals surface area contributed by atoms with Crippen LogP contribution in [0.25, 0.3) is 0 Å². The summed E-state index contributed by atoms with van der Waals surface area (Å²) in [5.41, 5.74) is 23.0. The van der Waals surface area contributed by atoms with Crippen molar-refractivity contribution in [1.29, 1.82) is 0 Å². The van der Waals surface area contributed by atoms with Crippen molar-refractivity contribution in [3.05, 3.63) is 35.4 Å². The van der Waals surface area contributed by atoms with E-state index in [1.165, 1.54) is 0 Å². The highest BCUT2D eigenvalue weighted by molar-refractivity contribution is 7.80. The van der Waals surface area contributed by atoms with Crippen molar-refractivity contribution in [1.82, 2.24) is 37.2 Å². The molecule has 62 heavy (non-hydrogen) atoms. The summed E-state index contributed by atoms with van der Waals surface area (Å²) >= 11 is 4.20. The summed E-state index contributed by atoms with van der Waals surface area (Å²) in [5.74, 6) is -5.45. The number of hydrogen-bond acceptors (Lipinski definition) is 11. The molecule has 5 atom stereocenters. The van der Waals surface area contributed by atoms with E-state index in [9.17, 15) is 48.6 Å². The van der Waals surface area contributed by atoms with Gasteiger partial charge in [-0.3, -0.25) is 29.2 Å². The van der Waals surface area contributed by atoms with Crippen molar-refractivity contribution in [3.8, 4) is 0 Å². The number of nitrogens with one attached hydrogen (secondary N) is 7. The molecule has 0 spiro atoms. The zero-order valence-electron chi connectivity index (χ0n) is 34.6. The maximum absolute atomic E-state index is 13.5. The molecule has 0 saturated carbocycles. The molecule has 0 unspecified atom stereocenters. The second kappa shape index (κ2) is 29.7. The minimum Gasteiger partial charge on any atom is -0.481 e. The zero-order chi connectivity index (χ0) is 46.6. The monoisotopic (exact) mass is 895 g/mol. The summed E-state index contributed by atoms with van der Waals surface area (Å²) in [6.07, 6.45) is 0.671. The fraction of sp³-hybridized carbons (Fsp3) is 0.568. The zero-order valence-corrected chi connectivity index (χ0v) is 35.5. The molecule has 18 N–H and O–H groups in total. The molecule has 24 nitrogen and oxygen atoms in total. The predicted molar refractivity (Wildman–Crippen MR) is 231 cm³/mol. The van der Waals surface area contributed by atoms with Crippen LogP contribution in [0.2, 0.25) is 0 Å². The van der Waals surface area contributed by atoms with E-state index in [-0.39, 0.29) is 76.2 Å². The van der Waals surface area contributed by atoms with Crippen LogP contribution in [0.5, 0.6) is 0 Å². The number of benzene rings is 1. The van der Waals surface area contributed by atoms with Gasteiger partial charge < -0.3 is 75.5 Å². The van der Waals surface area contributed by atoms with Crippen LogP contribution in [0.15, 0.2) is 34.3 Å². The molecule has 0 aromatic heterocycles. The van der Waals surface area contributed by atoms with Gasteiger partial charge in [-0.25, -0.2) is 19.2 Å². The van der Waals surface area contributed by atoms with Crippen LogP contribution in [0.4, 0.5) is 9.59 Å². The molecule has 0 fully saturated rings. The molecule has 0 bridgehead atoms. The second-order valence-corrected chi connectivity index (χ2v) is 14.5. The minimum atomic E-state index is -1.52. The van der Waals surface area contributed by atoms with Gasteiger partial charge >= 0.3 is 30.0 Å². The van der Waals surface area contributed by atoms with E-state index in [1.54, 1.807) is 31.2 Å². The Kier molecular flexibility index (Phi) is 25.6. The Labute approximate surface area is 364 Å². The van der Waals surface area contributed by atoms with Gasteiger partial charge in [0.1, 0.15) is 24.2 Å². The van der Waals surface area contributed by atoms with Crippen molar-refractivity contribution in [2.24, 2.45) is 32.9 Å². The number of nitrogens with two attached hydrogens (primary N) is 4. The van der Waals surface area contributed by atoms with E-state index in [0.29, 0.717) is 36.1 Å². The van der Waals surface area contributed by atoms with Crippen LogP contribution in [0, 0.1) is 0 Å². The first-order valence-electron chi connectivity index (χ1n) is 19.8. The third-order valence-corrected chi connectivity index (χ3v) is 9.29. The van der Waals surface area contributed by atoms with Crippen LogP contribution < -0.4 is 60.2 Å². The predicted octanol–water partition coefficient (Wildman–Crippen LogP) is -2.22. The lowest BCUT2D eigenvalue weighted by Crippen LogP contribution is -2.55. The van der Waals surface area contributed by atoms with Crippen molar-refractivity contribution >= 4 is 72.2 Å². The Hall–Kier alpha value is -6.53. The molecular weight excluding hydrogens is 835 g/mol. The summed E-state index contributed by atoms with van der Waals surface area (Å²) in [7, 11) is 0. The highest BCUT2D eigenvalue weighted by Crippen LogP contribution is 2.09. The van der Waals surface area contributed by atoms with Gasteiger partial charge in [0.15, 0.2) is 11.9 Å². The SMILES string of the molecule is C[C@H](CS)NC(=O)[C@H](CCCN=C(N)N)NC(=O)[C@H](CCCN=C(N)N)NC(=O)Cc1ccc(CNC(=O)NCCCC[C@H](NC(=O)N[C@@H](CCC(=O)O)C(=O)O)C(=O)O)cc1. The molecule has 0 aliphatic rings.